The number of carbonyl (C=O) groups is 1. The van der Waals surface area contributed by atoms with Gasteiger partial charge in [-0.3, -0.25) is 9.89 Å². The van der Waals surface area contributed by atoms with Crippen molar-refractivity contribution in [1.29, 1.82) is 0 Å². The minimum atomic E-state index is 0.0935. The molecule has 0 spiro atoms. The highest BCUT2D eigenvalue weighted by Crippen LogP contribution is 2.30. The van der Waals surface area contributed by atoms with E-state index in [1.807, 2.05) is 60.4 Å². The molecule has 0 saturated heterocycles. The number of H-pyrrole nitrogens is 1. The van der Waals surface area contributed by atoms with Crippen molar-refractivity contribution in [3.63, 3.8) is 0 Å². The van der Waals surface area contributed by atoms with E-state index in [1.54, 1.807) is 0 Å². The maximum Gasteiger partial charge on any atom is 0.226 e. The lowest BCUT2D eigenvalue weighted by molar-refractivity contribution is -0.132. The van der Waals surface area contributed by atoms with Crippen LogP contribution in [0, 0.1) is 6.92 Å². The Morgan fingerprint density at radius 1 is 1.25 bits per heavy atom. The Labute approximate surface area is 169 Å². The Morgan fingerprint density at radius 3 is 2.86 bits per heavy atom. The number of rotatable bonds is 5. The van der Waals surface area contributed by atoms with Crippen molar-refractivity contribution in [2.75, 3.05) is 13.2 Å². The van der Waals surface area contributed by atoms with Crippen molar-refractivity contribution >= 4 is 17.5 Å². The molecule has 0 radical (unpaired) electrons. The second kappa shape index (κ2) is 8.07. The van der Waals surface area contributed by atoms with E-state index in [9.17, 15) is 4.79 Å². The number of aromatic nitrogens is 2. The molecule has 4 rings (SSSR count). The van der Waals surface area contributed by atoms with Crippen molar-refractivity contribution in [2.24, 2.45) is 0 Å². The lowest BCUT2D eigenvalue weighted by Crippen LogP contribution is -2.36. The standard InChI is InChI=1S/C22H22ClN3O2/c1-15-5-7-18(8-6-15)28-12-10-21(27)26-11-9-20-19(14-26)22(25-24-20)16-3-2-4-17(23)13-16/h2-8,13H,9-12,14H2,1H3,(H,24,25). The first-order valence-electron chi connectivity index (χ1n) is 9.39. The van der Waals surface area contributed by atoms with E-state index < -0.39 is 0 Å². The first kappa shape index (κ1) is 18.6. The van der Waals surface area contributed by atoms with E-state index in [4.69, 9.17) is 16.3 Å². The highest BCUT2D eigenvalue weighted by molar-refractivity contribution is 6.30. The van der Waals surface area contributed by atoms with Gasteiger partial charge in [-0.15, -0.1) is 0 Å². The number of ether oxygens (including phenoxy) is 1. The van der Waals surface area contributed by atoms with Gasteiger partial charge >= 0.3 is 0 Å². The maximum atomic E-state index is 12.7. The van der Waals surface area contributed by atoms with Crippen LogP contribution in [-0.2, 0) is 17.8 Å². The second-order valence-electron chi connectivity index (χ2n) is 7.02. The molecule has 1 aliphatic rings. The van der Waals surface area contributed by atoms with Crippen molar-refractivity contribution in [1.82, 2.24) is 15.1 Å². The van der Waals surface area contributed by atoms with E-state index in [0.29, 0.717) is 31.1 Å². The van der Waals surface area contributed by atoms with Crippen LogP contribution in [0.4, 0.5) is 0 Å². The van der Waals surface area contributed by atoms with Crippen LogP contribution >= 0.6 is 11.6 Å². The second-order valence-corrected chi connectivity index (χ2v) is 7.45. The first-order chi connectivity index (χ1) is 13.6. The summed E-state index contributed by atoms with van der Waals surface area (Å²) >= 11 is 6.12. The summed E-state index contributed by atoms with van der Waals surface area (Å²) in [4.78, 5) is 14.5. The Bertz CT molecular complexity index is 982. The number of aromatic amines is 1. The van der Waals surface area contributed by atoms with Crippen LogP contribution in [0.5, 0.6) is 5.75 Å². The Hall–Kier alpha value is -2.79. The smallest absolute Gasteiger partial charge is 0.226 e. The van der Waals surface area contributed by atoms with Gasteiger partial charge in [-0.05, 0) is 31.2 Å². The Kier molecular flexibility index (Phi) is 5.35. The van der Waals surface area contributed by atoms with E-state index in [-0.39, 0.29) is 5.91 Å². The number of nitrogens with one attached hydrogen (secondary N) is 1. The number of amides is 1. The average molecular weight is 396 g/mol. The number of halogens is 1. The predicted octanol–water partition coefficient (Wildman–Crippen LogP) is 4.39. The van der Waals surface area contributed by atoms with Gasteiger partial charge < -0.3 is 9.64 Å². The average Bonchev–Trinajstić information content (AvgIpc) is 3.12. The summed E-state index contributed by atoms with van der Waals surface area (Å²) in [6, 6.07) is 15.5. The first-order valence-corrected chi connectivity index (χ1v) is 9.77. The van der Waals surface area contributed by atoms with Gasteiger partial charge in [0.15, 0.2) is 0 Å². The molecular formula is C22H22ClN3O2. The summed E-state index contributed by atoms with van der Waals surface area (Å²) in [5, 5.41) is 8.26. The number of carbonyl (C=O) groups excluding carboxylic acids is 1. The van der Waals surface area contributed by atoms with Crippen molar-refractivity contribution in [3.05, 3.63) is 70.4 Å². The van der Waals surface area contributed by atoms with Gasteiger partial charge in [0, 0.05) is 41.4 Å². The third-order valence-corrected chi connectivity index (χ3v) is 5.22. The molecule has 0 bridgehead atoms. The molecular weight excluding hydrogens is 374 g/mol. The summed E-state index contributed by atoms with van der Waals surface area (Å²) in [5.41, 5.74) is 5.17. The normalized spacial score (nSPS) is 13.3. The van der Waals surface area contributed by atoms with Crippen LogP contribution in [0.25, 0.3) is 11.3 Å². The molecule has 1 amide bonds. The molecule has 0 unspecified atom stereocenters. The van der Waals surface area contributed by atoms with Crippen molar-refractivity contribution in [2.45, 2.75) is 26.3 Å². The third-order valence-electron chi connectivity index (χ3n) is 4.99. The van der Waals surface area contributed by atoms with Crippen LogP contribution < -0.4 is 4.74 Å². The fraction of sp³-hybridized carbons (Fsp3) is 0.273. The fourth-order valence-corrected chi connectivity index (χ4v) is 3.62. The van der Waals surface area contributed by atoms with Gasteiger partial charge in [0.1, 0.15) is 5.75 Å². The van der Waals surface area contributed by atoms with Crippen molar-refractivity contribution < 1.29 is 9.53 Å². The maximum absolute atomic E-state index is 12.7. The molecule has 28 heavy (non-hydrogen) atoms. The highest BCUT2D eigenvalue weighted by Gasteiger charge is 2.25. The molecule has 3 aromatic rings. The lowest BCUT2D eigenvalue weighted by atomic mass is 10.0. The predicted molar refractivity (Wildman–Crippen MR) is 109 cm³/mol. The number of fused-ring (bicyclic) bond motifs is 1. The van der Waals surface area contributed by atoms with E-state index in [2.05, 4.69) is 10.2 Å². The van der Waals surface area contributed by atoms with E-state index in [1.165, 1.54) is 5.56 Å². The molecule has 144 valence electrons. The molecule has 0 aliphatic carbocycles. The SMILES string of the molecule is Cc1ccc(OCCC(=O)N2CCc3[nH]nc(-c4cccc(Cl)c4)c3C2)cc1. The van der Waals surface area contributed by atoms with Crippen LogP contribution in [0.2, 0.25) is 5.02 Å². The number of nitrogens with zero attached hydrogens (tertiary/aromatic N) is 2. The Balaban J connectivity index is 1.40. The van der Waals surface area contributed by atoms with Crippen LogP contribution in [0.3, 0.4) is 0 Å². The van der Waals surface area contributed by atoms with Gasteiger partial charge in [-0.2, -0.15) is 5.10 Å². The molecule has 5 nitrogen and oxygen atoms in total. The molecule has 2 heterocycles. The Morgan fingerprint density at radius 2 is 2.07 bits per heavy atom. The summed E-state index contributed by atoms with van der Waals surface area (Å²) in [6.45, 7) is 3.65. The molecule has 1 aromatic heterocycles. The summed E-state index contributed by atoms with van der Waals surface area (Å²) in [5.74, 6) is 0.883. The van der Waals surface area contributed by atoms with Gasteiger partial charge in [0.25, 0.3) is 0 Å². The number of benzene rings is 2. The minimum Gasteiger partial charge on any atom is -0.493 e. The lowest BCUT2D eigenvalue weighted by Gasteiger charge is -2.27. The fourth-order valence-electron chi connectivity index (χ4n) is 3.43. The highest BCUT2D eigenvalue weighted by atomic mass is 35.5. The zero-order valence-electron chi connectivity index (χ0n) is 15.7. The van der Waals surface area contributed by atoms with E-state index >= 15 is 0 Å². The van der Waals surface area contributed by atoms with Crippen LogP contribution in [0.1, 0.15) is 23.2 Å². The molecule has 0 fully saturated rings. The molecule has 0 saturated carbocycles. The van der Waals surface area contributed by atoms with Gasteiger partial charge in [-0.1, -0.05) is 41.4 Å². The van der Waals surface area contributed by atoms with Crippen LogP contribution in [0.15, 0.2) is 48.5 Å². The van der Waals surface area contributed by atoms with Gasteiger partial charge in [0.05, 0.1) is 18.7 Å². The number of aryl methyl sites for hydroxylation is 1. The molecule has 6 heteroatoms. The molecule has 1 N–H and O–H groups in total. The van der Waals surface area contributed by atoms with Crippen LogP contribution in [-0.4, -0.2) is 34.2 Å². The largest absolute Gasteiger partial charge is 0.493 e. The summed E-state index contributed by atoms with van der Waals surface area (Å²) in [7, 11) is 0. The summed E-state index contributed by atoms with van der Waals surface area (Å²) in [6.07, 6.45) is 1.13. The molecule has 1 aliphatic heterocycles. The minimum absolute atomic E-state index is 0.0935. The molecule has 2 aromatic carbocycles. The van der Waals surface area contributed by atoms with Gasteiger partial charge in [-0.25, -0.2) is 0 Å². The monoisotopic (exact) mass is 395 g/mol. The van der Waals surface area contributed by atoms with E-state index in [0.717, 1.165) is 34.7 Å². The quantitative estimate of drug-likeness (QED) is 0.696. The number of hydrogen-bond donors (Lipinski definition) is 1. The summed E-state index contributed by atoms with van der Waals surface area (Å²) < 4.78 is 5.70. The molecule has 0 atom stereocenters. The third kappa shape index (κ3) is 4.04. The zero-order chi connectivity index (χ0) is 19.5. The number of hydrogen-bond acceptors (Lipinski definition) is 3. The zero-order valence-corrected chi connectivity index (χ0v) is 16.5. The van der Waals surface area contributed by atoms with Crippen molar-refractivity contribution in [3.8, 4) is 17.0 Å². The topological polar surface area (TPSA) is 58.2 Å². The van der Waals surface area contributed by atoms with Gasteiger partial charge in [0.2, 0.25) is 5.91 Å².